The van der Waals surface area contributed by atoms with Gasteiger partial charge < -0.3 is 9.73 Å². The van der Waals surface area contributed by atoms with Crippen LogP contribution in [-0.4, -0.2) is 6.54 Å². The number of rotatable bonds is 7. The molecule has 0 amide bonds. The molecule has 1 aromatic heterocycles. The van der Waals surface area contributed by atoms with Crippen molar-refractivity contribution < 1.29 is 4.42 Å². The van der Waals surface area contributed by atoms with Crippen molar-refractivity contribution in [3.05, 3.63) is 23.1 Å². The van der Waals surface area contributed by atoms with Crippen molar-refractivity contribution in [2.24, 2.45) is 11.8 Å². The van der Waals surface area contributed by atoms with E-state index >= 15 is 0 Å². The highest BCUT2D eigenvalue weighted by molar-refractivity contribution is 6.29. The molecular weight excluding hydrogens is 234 g/mol. The van der Waals surface area contributed by atoms with E-state index in [1.54, 1.807) is 6.26 Å². The standard InChI is InChI=1S/C14H24ClNO/c1-5-7-16-13(11(4)9-10(2)3)12-6-8-17-14(12)15/h6,8,10-11,13,16H,5,7,9H2,1-4H3. The van der Waals surface area contributed by atoms with Crippen LogP contribution in [0, 0.1) is 11.8 Å². The van der Waals surface area contributed by atoms with Gasteiger partial charge in [0.05, 0.1) is 6.26 Å². The van der Waals surface area contributed by atoms with E-state index in [2.05, 4.69) is 33.0 Å². The lowest BCUT2D eigenvalue weighted by Crippen LogP contribution is -2.28. The number of furan rings is 1. The zero-order valence-electron chi connectivity index (χ0n) is 11.3. The van der Waals surface area contributed by atoms with Crippen LogP contribution in [0.25, 0.3) is 0 Å². The summed E-state index contributed by atoms with van der Waals surface area (Å²) in [4.78, 5) is 0. The fourth-order valence-corrected chi connectivity index (χ4v) is 2.56. The summed E-state index contributed by atoms with van der Waals surface area (Å²) in [5.41, 5.74) is 1.09. The SMILES string of the molecule is CCCNC(c1ccoc1Cl)C(C)CC(C)C. The maximum absolute atomic E-state index is 6.09. The lowest BCUT2D eigenvalue weighted by Gasteiger charge is -2.26. The predicted octanol–water partition coefficient (Wildman–Crippen LogP) is 4.66. The maximum Gasteiger partial charge on any atom is 0.197 e. The summed E-state index contributed by atoms with van der Waals surface area (Å²) < 4.78 is 5.21. The van der Waals surface area contributed by atoms with Gasteiger partial charge in [-0.05, 0) is 48.9 Å². The topological polar surface area (TPSA) is 25.2 Å². The predicted molar refractivity (Wildman–Crippen MR) is 73.4 cm³/mol. The van der Waals surface area contributed by atoms with E-state index in [-0.39, 0.29) is 0 Å². The van der Waals surface area contributed by atoms with Gasteiger partial charge in [-0.1, -0.05) is 27.7 Å². The summed E-state index contributed by atoms with van der Waals surface area (Å²) in [6, 6.07) is 2.27. The van der Waals surface area contributed by atoms with Crippen molar-refractivity contribution in [3.63, 3.8) is 0 Å². The lowest BCUT2D eigenvalue weighted by molar-refractivity contribution is 0.327. The molecule has 2 atom stereocenters. The minimum absolute atomic E-state index is 0.295. The Bertz CT molecular complexity index is 322. The first-order chi connectivity index (χ1) is 8.06. The number of halogens is 1. The monoisotopic (exact) mass is 257 g/mol. The van der Waals surface area contributed by atoms with Gasteiger partial charge in [-0.3, -0.25) is 0 Å². The van der Waals surface area contributed by atoms with E-state index in [0.29, 0.717) is 23.1 Å². The van der Waals surface area contributed by atoms with Gasteiger partial charge in [0.1, 0.15) is 0 Å². The lowest BCUT2D eigenvalue weighted by atomic mass is 9.89. The van der Waals surface area contributed by atoms with Crippen LogP contribution in [0.5, 0.6) is 0 Å². The summed E-state index contributed by atoms with van der Waals surface area (Å²) >= 11 is 6.09. The van der Waals surface area contributed by atoms with Crippen LogP contribution in [0.3, 0.4) is 0 Å². The fourth-order valence-electron chi connectivity index (χ4n) is 2.32. The van der Waals surface area contributed by atoms with E-state index < -0.39 is 0 Å². The van der Waals surface area contributed by atoms with Crippen LogP contribution in [0.4, 0.5) is 0 Å². The molecule has 3 heteroatoms. The molecule has 0 spiro atoms. The molecule has 1 rings (SSSR count). The molecule has 1 N–H and O–H groups in total. The Balaban J connectivity index is 2.76. The highest BCUT2D eigenvalue weighted by atomic mass is 35.5. The van der Waals surface area contributed by atoms with Gasteiger partial charge in [0.25, 0.3) is 0 Å². The molecule has 0 saturated carbocycles. The van der Waals surface area contributed by atoms with Gasteiger partial charge in [0, 0.05) is 11.6 Å². The van der Waals surface area contributed by atoms with E-state index in [1.807, 2.05) is 6.07 Å². The largest absolute Gasteiger partial charge is 0.453 e. The minimum atomic E-state index is 0.295. The molecule has 1 heterocycles. The molecule has 0 aliphatic rings. The molecule has 2 unspecified atom stereocenters. The Morgan fingerprint density at radius 1 is 1.35 bits per heavy atom. The Kier molecular flexibility index (Phi) is 6.07. The fraction of sp³-hybridized carbons (Fsp3) is 0.714. The van der Waals surface area contributed by atoms with Gasteiger partial charge in [0.15, 0.2) is 5.22 Å². The summed E-state index contributed by atoms with van der Waals surface area (Å²) in [6.07, 6.45) is 3.98. The Morgan fingerprint density at radius 3 is 2.53 bits per heavy atom. The highest BCUT2D eigenvalue weighted by Gasteiger charge is 2.23. The quantitative estimate of drug-likeness (QED) is 0.769. The summed E-state index contributed by atoms with van der Waals surface area (Å²) in [5.74, 6) is 1.25. The van der Waals surface area contributed by atoms with Crippen molar-refractivity contribution in [2.45, 2.75) is 46.6 Å². The first-order valence-corrected chi connectivity index (χ1v) is 6.90. The van der Waals surface area contributed by atoms with Gasteiger partial charge >= 0.3 is 0 Å². The first-order valence-electron chi connectivity index (χ1n) is 6.52. The van der Waals surface area contributed by atoms with E-state index in [0.717, 1.165) is 18.5 Å². The molecule has 0 aromatic carbocycles. The van der Waals surface area contributed by atoms with Gasteiger partial charge in [-0.25, -0.2) is 0 Å². The second-order valence-electron chi connectivity index (χ2n) is 5.19. The van der Waals surface area contributed by atoms with Gasteiger partial charge in [-0.2, -0.15) is 0 Å². The smallest absolute Gasteiger partial charge is 0.197 e. The average molecular weight is 258 g/mol. The number of hydrogen-bond donors (Lipinski definition) is 1. The highest BCUT2D eigenvalue weighted by Crippen LogP contribution is 2.32. The van der Waals surface area contributed by atoms with Crippen LogP contribution < -0.4 is 5.32 Å². The van der Waals surface area contributed by atoms with E-state index in [1.165, 1.54) is 6.42 Å². The Labute approximate surface area is 110 Å². The van der Waals surface area contributed by atoms with Crippen LogP contribution in [0.2, 0.25) is 5.22 Å². The third-order valence-corrected chi connectivity index (χ3v) is 3.31. The van der Waals surface area contributed by atoms with Crippen molar-refractivity contribution >= 4 is 11.6 Å². The third kappa shape index (κ3) is 4.36. The summed E-state index contributed by atoms with van der Waals surface area (Å²) in [7, 11) is 0. The van der Waals surface area contributed by atoms with Crippen LogP contribution >= 0.6 is 11.6 Å². The summed E-state index contributed by atoms with van der Waals surface area (Å²) in [6.45, 7) is 9.97. The first kappa shape index (κ1) is 14.6. The van der Waals surface area contributed by atoms with Gasteiger partial charge in [0.2, 0.25) is 0 Å². The van der Waals surface area contributed by atoms with Crippen molar-refractivity contribution in [1.82, 2.24) is 5.32 Å². The van der Waals surface area contributed by atoms with E-state index in [9.17, 15) is 0 Å². The molecule has 0 fully saturated rings. The molecule has 17 heavy (non-hydrogen) atoms. The molecule has 0 aliphatic heterocycles. The zero-order valence-corrected chi connectivity index (χ0v) is 12.1. The Morgan fingerprint density at radius 2 is 2.06 bits per heavy atom. The molecule has 2 nitrogen and oxygen atoms in total. The van der Waals surface area contributed by atoms with Crippen LogP contribution in [0.1, 0.15) is 52.1 Å². The van der Waals surface area contributed by atoms with Crippen molar-refractivity contribution in [2.75, 3.05) is 6.54 Å². The van der Waals surface area contributed by atoms with Crippen molar-refractivity contribution in [1.29, 1.82) is 0 Å². The second kappa shape index (κ2) is 7.07. The summed E-state index contributed by atoms with van der Waals surface area (Å²) in [5, 5.41) is 4.10. The molecular formula is C14H24ClNO. The molecule has 0 radical (unpaired) electrons. The molecule has 1 aromatic rings. The van der Waals surface area contributed by atoms with Gasteiger partial charge in [-0.15, -0.1) is 0 Å². The second-order valence-corrected chi connectivity index (χ2v) is 5.53. The normalized spacial score (nSPS) is 15.2. The average Bonchev–Trinajstić information content (AvgIpc) is 2.64. The third-order valence-electron chi connectivity index (χ3n) is 3.01. The molecule has 0 aliphatic carbocycles. The van der Waals surface area contributed by atoms with E-state index in [4.69, 9.17) is 16.0 Å². The zero-order chi connectivity index (χ0) is 12.8. The molecule has 0 saturated heterocycles. The number of hydrogen-bond acceptors (Lipinski definition) is 2. The Hall–Kier alpha value is -0.470. The minimum Gasteiger partial charge on any atom is -0.453 e. The van der Waals surface area contributed by atoms with Crippen molar-refractivity contribution in [3.8, 4) is 0 Å². The maximum atomic E-state index is 6.09. The number of nitrogens with one attached hydrogen (secondary N) is 1. The van der Waals surface area contributed by atoms with Crippen LogP contribution in [-0.2, 0) is 0 Å². The van der Waals surface area contributed by atoms with Crippen LogP contribution in [0.15, 0.2) is 16.7 Å². The molecule has 0 bridgehead atoms. The molecule has 98 valence electrons.